The van der Waals surface area contributed by atoms with Gasteiger partial charge in [-0.15, -0.1) is 0 Å². The highest BCUT2D eigenvalue weighted by molar-refractivity contribution is 5.85. The number of imidazole rings is 1. The number of carbonyl (C=O) groups is 1. The fourth-order valence-corrected chi connectivity index (χ4v) is 2.20. The van der Waals surface area contributed by atoms with Crippen LogP contribution >= 0.6 is 0 Å². The Hall–Kier alpha value is -2.69. The molecule has 0 fully saturated rings. The summed E-state index contributed by atoms with van der Waals surface area (Å²) in [6.45, 7) is 2.19. The summed E-state index contributed by atoms with van der Waals surface area (Å²) in [5.41, 5.74) is 1.89. The standard InChI is InChI=1S/C15H13N3O2/c1-10-16-8-14(15(19)20)18(10)9-12-7-6-11-4-2-3-5-13(11)17-12/h2-8H,9H2,1H3,(H,19,20). The monoisotopic (exact) mass is 267 g/mol. The molecule has 0 bridgehead atoms. The molecule has 2 aromatic heterocycles. The Morgan fingerprint density at radius 1 is 1.25 bits per heavy atom. The lowest BCUT2D eigenvalue weighted by atomic mass is 10.2. The Bertz CT molecular complexity index is 793. The van der Waals surface area contributed by atoms with Crippen LogP contribution in [0.2, 0.25) is 0 Å². The predicted molar refractivity (Wildman–Crippen MR) is 74.8 cm³/mol. The van der Waals surface area contributed by atoms with Crippen molar-refractivity contribution in [3.63, 3.8) is 0 Å². The van der Waals surface area contributed by atoms with Crippen LogP contribution in [0.4, 0.5) is 0 Å². The number of carboxylic acids is 1. The number of aromatic carboxylic acids is 1. The number of hydrogen-bond acceptors (Lipinski definition) is 3. The van der Waals surface area contributed by atoms with Gasteiger partial charge in [0, 0.05) is 5.39 Å². The average molecular weight is 267 g/mol. The third-order valence-corrected chi connectivity index (χ3v) is 3.25. The molecule has 0 amide bonds. The predicted octanol–water partition coefficient (Wildman–Crippen LogP) is 2.49. The number of aromatic nitrogens is 3. The topological polar surface area (TPSA) is 68.0 Å². The summed E-state index contributed by atoms with van der Waals surface area (Å²) >= 11 is 0. The molecule has 3 rings (SSSR count). The molecule has 20 heavy (non-hydrogen) atoms. The van der Waals surface area contributed by atoms with E-state index in [4.69, 9.17) is 5.11 Å². The third kappa shape index (κ3) is 2.14. The van der Waals surface area contributed by atoms with Gasteiger partial charge in [-0.2, -0.15) is 0 Å². The molecule has 0 aliphatic carbocycles. The van der Waals surface area contributed by atoms with Crippen molar-refractivity contribution in [2.75, 3.05) is 0 Å². The summed E-state index contributed by atoms with van der Waals surface area (Å²) < 4.78 is 1.65. The first-order valence-corrected chi connectivity index (χ1v) is 6.25. The zero-order valence-electron chi connectivity index (χ0n) is 10.9. The second-order valence-electron chi connectivity index (χ2n) is 4.58. The van der Waals surface area contributed by atoms with Crippen molar-refractivity contribution in [3.05, 3.63) is 59.8 Å². The highest BCUT2D eigenvalue weighted by Crippen LogP contribution is 2.14. The fraction of sp³-hybridized carbons (Fsp3) is 0.133. The zero-order chi connectivity index (χ0) is 14.1. The summed E-state index contributed by atoms with van der Waals surface area (Å²) in [4.78, 5) is 19.8. The number of fused-ring (bicyclic) bond motifs is 1. The molecule has 0 unspecified atom stereocenters. The lowest BCUT2D eigenvalue weighted by molar-refractivity contribution is 0.0685. The number of para-hydroxylation sites is 1. The molecule has 0 radical (unpaired) electrons. The highest BCUT2D eigenvalue weighted by atomic mass is 16.4. The molecule has 0 spiro atoms. The number of rotatable bonds is 3. The molecule has 0 atom stereocenters. The van der Waals surface area contributed by atoms with Gasteiger partial charge in [-0.1, -0.05) is 24.3 Å². The number of carboxylic acid groups (broad SMARTS) is 1. The number of hydrogen-bond donors (Lipinski definition) is 1. The number of benzene rings is 1. The average Bonchev–Trinajstić information content (AvgIpc) is 2.80. The summed E-state index contributed by atoms with van der Waals surface area (Å²) in [6, 6.07) is 11.7. The molecule has 1 aromatic carbocycles. The summed E-state index contributed by atoms with van der Waals surface area (Å²) in [5, 5.41) is 10.2. The zero-order valence-corrected chi connectivity index (χ0v) is 10.9. The van der Waals surface area contributed by atoms with Crippen molar-refractivity contribution in [1.82, 2.24) is 14.5 Å². The summed E-state index contributed by atoms with van der Waals surface area (Å²) in [5.74, 6) is -0.316. The summed E-state index contributed by atoms with van der Waals surface area (Å²) in [6.07, 6.45) is 1.37. The van der Waals surface area contributed by atoms with E-state index >= 15 is 0 Å². The third-order valence-electron chi connectivity index (χ3n) is 3.25. The van der Waals surface area contributed by atoms with E-state index in [9.17, 15) is 4.79 Å². The van der Waals surface area contributed by atoms with Gasteiger partial charge >= 0.3 is 5.97 Å². The van der Waals surface area contributed by atoms with Crippen LogP contribution in [0.3, 0.4) is 0 Å². The number of nitrogens with zero attached hydrogens (tertiary/aromatic N) is 3. The normalized spacial score (nSPS) is 10.8. The molecule has 0 aliphatic rings. The Kier molecular flexibility index (Phi) is 2.95. The molecule has 0 saturated heterocycles. The Labute approximate surface area is 115 Å². The van der Waals surface area contributed by atoms with E-state index in [0.29, 0.717) is 12.4 Å². The molecule has 5 nitrogen and oxygen atoms in total. The van der Waals surface area contributed by atoms with Crippen LogP contribution in [0.5, 0.6) is 0 Å². The largest absolute Gasteiger partial charge is 0.477 e. The quantitative estimate of drug-likeness (QED) is 0.791. The van der Waals surface area contributed by atoms with Crippen LogP contribution in [0.1, 0.15) is 22.0 Å². The number of aryl methyl sites for hydroxylation is 1. The van der Waals surface area contributed by atoms with Gasteiger partial charge in [0.1, 0.15) is 11.5 Å². The van der Waals surface area contributed by atoms with E-state index in [-0.39, 0.29) is 5.69 Å². The van der Waals surface area contributed by atoms with Crippen molar-refractivity contribution in [1.29, 1.82) is 0 Å². The Morgan fingerprint density at radius 3 is 2.85 bits per heavy atom. The smallest absolute Gasteiger partial charge is 0.354 e. The molecule has 2 heterocycles. The minimum atomic E-state index is -0.980. The molecule has 100 valence electrons. The van der Waals surface area contributed by atoms with Gasteiger partial charge in [0.15, 0.2) is 0 Å². The maximum atomic E-state index is 11.2. The molecule has 0 saturated carbocycles. The van der Waals surface area contributed by atoms with Crippen molar-refractivity contribution >= 4 is 16.9 Å². The van der Waals surface area contributed by atoms with Gasteiger partial charge in [0.05, 0.1) is 24.0 Å². The van der Waals surface area contributed by atoms with Crippen LogP contribution in [0.15, 0.2) is 42.6 Å². The van der Waals surface area contributed by atoms with E-state index in [2.05, 4.69) is 9.97 Å². The molecular formula is C15H13N3O2. The van der Waals surface area contributed by atoms with Gasteiger partial charge in [-0.3, -0.25) is 4.98 Å². The molecule has 3 aromatic rings. The molecular weight excluding hydrogens is 254 g/mol. The van der Waals surface area contributed by atoms with Crippen molar-refractivity contribution in [2.45, 2.75) is 13.5 Å². The second kappa shape index (κ2) is 4.77. The van der Waals surface area contributed by atoms with Crippen LogP contribution in [0.25, 0.3) is 10.9 Å². The van der Waals surface area contributed by atoms with Gasteiger partial charge < -0.3 is 9.67 Å². The van der Waals surface area contributed by atoms with Crippen LogP contribution < -0.4 is 0 Å². The van der Waals surface area contributed by atoms with E-state index < -0.39 is 5.97 Å². The van der Waals surface area contributed by atoms with Crippen LogP contribution in [-0.2, 0) is 6.54 Å². The second-order valence-corrected chi connectivity index (χ2v) is 4.58. The number of pyridine rings is 1. The van der Waals surface area contributed by atoms with Crippen LogP contribution in [-0.4, -0.2) is 25.6 Å². The molecule has 0 aliphatic heterocycles. The van der Waals surface area contributed by atoms with E-state index in [1.807, 2.05) is 36.4 Å². The first kappa shape index (κ1) is 12.3. The van der Waals surface area contributed by atoms with Crippen molar-refractivity contribution in [3.8, 4) is 0 Å². The van der Waals surface area contributed by atoms with E-state index in [1.54, 1.807) is 11.5 Å². The Balaban J connectivity index is 2.01. The van der Waals surface area contributed by atoms with Gasteiger partial charge in [-0.05, 0) is 19.1 Å². The first-order valence-electron chi connectivity index (χ1n) is 6.25. The van der Waals surface area contributed by atoms with Crippen LogP contribution in [0, 0.1) is 6.92 Å². The minimum absolute atomic E-state index is 0.178. The van der Waals surface area contributed by atoms with E-state index in [0.717, 1.165) is 16.6 Å². The maximum Gasteiger partial charge on any atom is 0.354 e. The van der Waals surface area contributed by atoms with E-state index in [1.165, 1.54) is 6.20 Å². The fourth-order valence-electron chi connectivity index (χ4n) is 2.20. The maximum absolute atomic E-state index is 11.2. The van der Waals surface area contributed by atoms with Gasteiger partial charge in [0.2, 0.25) is 0 Å². The summed E-state index contributed by atoms with van der Waals surface area (Å²) in [7, 11) is 0. The molecule has 5 heteroatoms. The SMILES string of the molecule is Cc1ncc(C(=O)O)n1Cc1ccc2ccccc2n1. The first-order chi connectivity index (χ1) is 9.65. The Morgan fingerprint density at radius 2 is 2.05 bits per heavy atom. The minimum Gasteiger partial charge on any atom is -0.477 e. The van der Waals surface area contributed by atoms with Gasteiger partial charge in [-0.25, -0.2) is 9.78 Å². The van der Waals surface area contributed by atoms with Crippen molar-refractivity contribution < 1.29 is 9.90 Å². The molecule has 1 N–H and O–H groups in total. The highest BCUT2D eigenvalue weighted by Gasteiger charge is 2.13. The lowest BCUT2D eigenvalue weighted by Crippen LogP contribution is -2.11. The van der Waals surface area contributed by atoms with Crippen molar-refractivity contribution in [2.24, 2.45) is 0 Å². The lowest BCUT2D eigenvalue weighted by Gasteiger charge is -2.08. The van der Waals surface area contributed by atoms with Gasteiger partial charge in [0.25, 0.3) is 0 Å².